The van der Waals surface area contributed by atoms with Gasteiger partial charge in [-0.15, -0.1) is 11.3 Å². The van der Waals surface area contributed by atoms with Gasteiger partial charge in [0.2, 0.25) is 0 Å². The van der Waals surface area contributed by atoms with Crippen molar-refractivity contribution >= 4 is 38.9 Å². The Morgan fingerprint density at radius 2 is 1.95 bits per heavy atom. The maximum atomic E-state index is 9.26. The highest BCUT2D eigenvalue weighted by molar-refractivity contribution is 9.10. The molecule has 0 N–H and O–H groups in total. The number of hydrogen-bond acceptors (Lipinski definition) is 3. The molecule has 2 heterocycles. The van der Waals surface area contributed by atoms with E-state index in [0.29, 0.717) is 11.3 Å². The predicted octanol–water partition coefficient (Wildman–Crippen LogP) is 5.83. The summed E-state index contributed by atoms with van der Waals surface area (Å²) in [5.74, 6) is 1.47. The second kappa shape index (κ2) is 6.13. The van der Waals surface area contributed by atoms with Crippen molar-refractivity contribution < 1.29 is 4.42 Å². The van der Waals surface area contributed by atoms with Crippen molar-refractivity contribution in [3.8, 4) is 17.4 Å². The number of hydrogen-bond donors (Lipinski definition) is 0. The van der Waals surface area contributed by atoms with Crippen LogP contribution >= 0.6 is 27.3 Å². The molecule has 0 aliphatic heterocycles. The molecule has 0 aliphatic carbocycles. The normalized spacial score (nSPS) is 11.3. The van der Waals surface area contributed by atoms with Gasteiger partial charge in [-0.3, -0.25) is 0 Å². The maximum Gasteiger partial charge on any atom is 0.134 e. The lowest BCUT2D eigenvalue weighted by Gasteiger charge is -1.97. The third-order valence-electron chi connectivity index (χ3n) is 2.95. The molecule has 0 amide bonds. The van der Waals surface area contributed by atoms with Gasteiger partial charge in [-0.25, -0.2) is 0 Å². The minimum Gasteiger partial charge on any atom is -0.457 e. The van der Waals surface area contributed by atoms with Gasteiger partial charge in [-0.2, -0.15) is 5.26 Å². The number of halogens is 1. The van der Waals surface area contributed by atoms with Crippen molar-refractivity contribution in [2.24, 2.45) is 0 Å². The van der Waals surface area contributed by atoms with E-state index in [0.717, 1.165) is 20.7 Å². The molecule has 0 saturated heterocycles. The topological polar surface area (TPSA) is 36.9 Å². The minimum atomic E-state index is 0.613. The van der Waals surface area contributed by atoms with Gasteiger partial charge in [-0.05, 0) is 41.8 Å². The maximum absolute atomic E-state index is 9.26. The molecule has 2 nitrogen and oxygen atoms in total. The second-order valence-electron chi connectivity index (χ2n) is 4.36. The van der Waals surface area contributed by atoms with E-state index in [1.165, 1.54) is 0 Å². The first-order valence-corrected chi connectivity index (χ1v) is 7.95. The van der Waals surface area contributed by atoms with E-state index in [9.17, 15) is 5.26 Å². The molecule has 0 spiro atoms. The zero-order valence-electron chi connectivity index (χ0n) is 10.9. The first-order valence-electron chi connectivity index (χ1n) is 6.28. The van der Waals surface area contributed by atoms with Crippen LogP contribution in [0.5, 0.6) is 0 Å². The molecule has 0 aliphatic rings. The van der Waals surface area contributed by atoms with E-state index in [1.807, 2.05) is 53.9 Å². The van der Waals surface area contributed by atoms with Crippen molar-refractivity contribution in [2.75, 3.05) is 0 Å². The molecule has 3 rings (SSSR count). The molecule has 0 saturated carbocycles. The third kappa shape index (κ3) is 3.15. The monoisotopic (exact) mass is 355 g/mol. The van der Waals surface area contributed by atoms with Crippen LogP contribution in [0.4, 0.5) is 0 Å². The highest BCUT2D eigenvalue weighted by Gasteiger charge is 2.06. The fourth-order valence-electron chi connectivity index (χ4n) is 1.93. The van der Waals surface area contributed by atoms with Gasteiger partial charge in [0.25, 0.3) is 0 Å². The molecule has 3 aromatic rings. The lowest BCUT2D eigenvalue weighted by Crippen LogP contribution is -1.75. The molecule has 0 fully saturated rings. The summed E-state index contributed by atoms with van der Waals surface area (Å²) in [5.41, 5.74) is 1.62. The molecular formula is C17H10BrNOS. The lowest BCUT2D eigenvalue weighted by molar-refractivity contribution is 0.572. The molecule has 4 heteroatoms. The average molecular weight is 356 g/mol. The quantitative estimate of drug-likeness (QED) is 0.553. The molecular weight excluding hydrogens is 346 g/mol. The molecule has 1 aromatic carbocycles. The van der Waals surface area contributed by atoms with Gasteiger partial charge in [0.15, 0.2) is 0 Å². The van der Waals surface area contributed by atoms with Gasteiger partial charge in [0.1, 0.15) is 17.6 Å². The Labute approximate surface area is 135 Å². The second-order valence-corrected chi connectivity index (χ2v) is 6.22. The summed E-state index contributed by atoms with van der Waals surface area (Å²) in [5, 5.41) is 11.2. The van der Waals surface area contributed by atoms with E-state index in [1.54, 1.807) is 17.4 Å². The highest BCUT2D eigenvalue weighted by Crippen LogP contribution is 2.27. The van der Waals surface area contributed by atoms with Crippen LogP contribution in [0.2, 0.25) is 0 Å². The predicted molar refractivity (Wildman–Crippen MR) is 89.6 cm³/mol. The molecule has 0 unspecified atom stereocenters. The van der Waals surface area contributed by atoms with Gasteiger partial charge in [0, 0.05) is 14.9 Å². The zero-order chi connectivity index (χ0) is 14.7. The number of benzene rings is 1. The lowest BCUT2D eigenvalue weighted by atomic mass is 10.2. The summed E-state index contributed by atoms with van der Waals surface area (Å²) in [6, 6.07) is 17.8. The van der Waals surface area contributed by atoms with E-state index in [2.05, 4.69) is 22.0 Å². The third-order valence-corrected chi connectivity index (χ3v) is 4.38. The first kappa shape index (κ1) is 13.9. The molecule has 2 aromatic heterocycles. The van der Waals surface area contributed by atoms with E-state index in [-0.39, 0.29) is 0 Å². The zero-order valence-corrected chi connectivity index (χ0v) is 13.3. The first-order chi connectivity index (χ1) is 10.3. The summed E-state index contributed by atoms with van der Waals surface area (Å²) in [6.45, 7) is 0. The molecule has 0 bridgehead atoms. The van der Waals surface area contributed by atoms with Crippen molar-refractivity contribution in [1.29, 1.82) is 5.26 Å². The van der Waals surface area contributed by atoms with Gasteiger partial charge in [-0.1, -0.05) is 34.1 Å². The van der Waals surface area contributed by atoms with Crippen LogP contribution in [0.3, 0.4) is 0 Å². The minimum absolute atomic E-state index is 0.613. The van der Waals surface area contributed by atoms with Gasteiger partial charge < -0.3 is 4.42 Å². The summed E-state index contributed by atoms with van der Waals surface area (Å²) >= 11 is 4.95. The van der Waals surface area contributed by atoms with Crippen LogP contribution in [0.1, 0.15) is 10.6 Å². The van der Waals surface area contributed by atoms with E-state index in [4.69, 9.17) is 4.42 Å². The summed E-state index contributed by atoms with van der Waals surface area (Å²) < 4.78 is 6.83. The summed E-state index contributed by atoms with van der Waals surface area (Å²) in [4.78, 5) is 0.944. The van der Waals surface area contributed by atoms with Gasteiger partial charge >= 0.3 is 0 Å². The van der Waals surface area contributed by atoms with E-state index >= 15 is 0 Å². The largest absolute Gasteiger partial charge is 0.457 e. The fourth-order valence-corrected chi connectivity index (χ4v) is 2.89. The van der Waals surface area contributed by atoms with Crippen LogP contribution in [-0.2, 0) is 0 Å². The Morgan fingerprint density at radius 3 is 2.62 bits per heavy atom. The SMILES string of the molecule is N#CC(=Cc1ccc(-c2ccc(Br)cc2)o1)c1cccs1. The van der Waals surface area contributed by atoms with Crippen LogP contribution in [-0.4, -0.2) is 0 Å². The Bertz CT molecular complexity index is 807. The van der Waals surface area contributed by atoms with E-state index < -0.39 is 0 Å². The number of allylic oxidation sites excluding steroid dienone is 1. The number of furan rings is 1. The van der Waals surface area contributed by atoms with Crippen LogP contribution in [0, 0.1) is 11.3 Å². The van der Waals surface area contributed by atoms with Crippen molar-refractivity contribution in [3.05, 3.63) is 69.0 Å². The highest BCUT2D eigenvalue weighted by atomic mass is 79.9. The molecule has 21 heavy (non-hydrogen) atoms. The Balaban J connectivity index is 1.92. The summed E-state index contributed by atoms with van der Waals surface area (Å²) in [7, 11) is 0. The van der Waals surface area contributed by atoms with Crippen LogP contribution in [0.25, 0.3) is 23.0 Å². The molecule has 102 valence electrons. The van der Waals surface area contributed by atoms with Crippen molar-refractivity contribution in [2.45, 2.75) is 0 Å². The molecule has 0 radical (unpaired) electrons. The number of thiophene rings is 1. The van der Waals surface area contributed by atoms with Crippen LogP contribution < -0.4 is 0 Å². The fraction of sp³-hybridized carbons (Fsp3) is 0. The van der Waals surface area contributed by atoms with Gasteiger partial charge in [0.05, 0.1) is 5.57 Å². The standard InChI is InChI=1S/C17H10BrNOS/c18-14-5-3-12(4-6-14)16-8-7-15(20-16)10-13(11-19)17-2-1-9-21-17/h1-10H. The number of nitrogens with zero attached hydrogens (tertiary/aromatic N) is 1. The van der Waals surface area contributed by atoms with Crippen molar-refractivity contribution in [1.82, 2.24) is 0 Å². The Morgan fingerprint density at radius 1 is 1.14 bits per heavy atom. The number of rotatable bonds is 3. The Kier molecular flexibility index (Phi) is 4.05. The number of nitriles is 1. The molecule has 0 atom stereocenters. The Hall–Kier alpha value is -2.09. The van der Waals surface area contributed by atoms with Crippen molar-refractivity contribution in [3.63, 3.8) is 0 Å². The smallest absolute Gasteiger partial charge is 0.134 e. The average Bonchev–Trinajstić information content (AvgIpc) is 3.17. The van der Waals surface area contributed by atoms with Crippen LogP contribution in [0.15, 0.2) is 62.8 Å². The summed E-state index contributed by atoms with van der Waals surface area (Å²) in [6.07, 6.45) is 1.77.